The van der Waals surface area contributed by atoms with Crippen LogP contribution < -0.4 is 5.32 Å². The third-order valence-corrected chi connectivity index (χ3v) is 5.29. The van der Waals surface area contributed by atoms with Gasteiger partial charge in [0.1, 0.15) is 5.69 Å². The number of nitrogens with one attached hydrogen (secondary N) is 1. The highest BCUT2D eigenvalue weighted by Crippen LogP contribution is 2.17. The summed E-state index contributed by atoms with van der Waals surface area (Å²) in [7, 11) is 0. The molecule has 1 atom stereocenters. The van der Waals surface area contributed by atoms with Gasteiger partial charge < -0.3 is 10.2 Å². The summed E-state index contributed by atoms with van der Waals surface area (Å²) in [6, 6.07) is 6.32. The Hall–Kier alpha value is -1.96. The molecule has 2 aromatic rings. The molecule has 2 fully saturated rings. The normalized spacial score (nSPS) is 20.9. The number of rotatable bonds is 4. The topological polar surface area (TPSA) is 66.3 Å². The van der Waals surface area contributed by atoms with Gasteiger partial charge in [-0.15, -0.1) is 12.4 Å². The van der Waals surface area contributed by atoms with E-state index in [0.29, 0.717) is 11.7 Å². The summed E-state index contributed by atoms with van der Waals surface area (Å²) in [5.41, 5.74) is 1.83. The third-order valence-electron chi connectivity index (χ3n) is 5.29. The highest BCUT2D eigenvalue weighted by Gasteiger charge is 2.24. The number of aromatic nitrogens is 3. The van der Waals surface area contributed by atoms with Crippen molar-refractivity contribution in [2.24, 2.45) is 0 Å². The van der Waals surface area contributed by atoms with Crippen molar-refractivity contribution in [2.45, 2.75) is 25.4 Å². The van der Waals surface area contributed by atoms with Crippen LogP contribution in [0, 0.1) is 0 Å². The molecule has 7 nitrogen and oxygen atoms in total. The molecule has 2 saturated heterocycles. The van der Waals surface area contributed by atoms with Crippen LogP contribution >= 0.6 is 12.4 Å². The fourth-order valence-corrected chi connectivity index (χ4v) is 3.73. The monoisotopic (exact) mass is 390 g/mol. The molecule has 4 rings (SSSR count). The first-order valence-electron chi connectivity index (χ1n) is 9.46. The largest absolute Gasteiger partial charge is 0.335 e. The average molecular weight is 391 g/mol. The molecule has 27 heavy (non-hydrogen) atoms. The van der Waals surface area contributed by atoms with E-state index in [1.165, 1.54) is 5.56 Å². The van der Waals surface area contributed by atoms with Crippen LogP contribution in [0.1, 0.15) is 34.9 Å². The molecule has 1 N–H and O–H groups in total. The van der Waals surface area contributed by atoms with Crippen LogP contribution in [0.4, 0.5) is 0 Å². The summed E-state index contributed by atoms with van der Waals surface area (Å²) in [5.74, 6) is 0.0519. The number of carbonyl (C=O) groups excluding carboxylic acids is 1. The fourth-order valence-electron chi connectivity index (χ4n) is 3.73. The summed E-state index contributed by atoms with van der Waals surface area (Å²) in [6.07, 6.45) is 7.88. The molecular formula is C19H27ClN6O. The molecule has 8 heteroatoms. The van der Waals surface area contributed by atoms with E-state index in [1.54, 1.807) is 0 Å². The summed E-state index contributed by atoms with van der Waals surface area (Å²) < 4.78 is 1.96. The van der Waals surface area contributed by atoms with Crippen LogP contribution in [-0.4, -0.2) is 69.7 Å². The SMILES string of the molecule is Cl.O=C(c1ccn(C2CCCNC2)n1)N1CCN(Cc2ccncc2)CC1. The van der Waals surface area contributed by atoms with Gasteiger partial charge in [-0.25, -0.2) is 0 Å². The van der Waals surface area contributed by atoms with Gasteiger partial charge in [0.15, 0.2) is 0 Å². The van der Waals surface area contributed by atoms with Gasteiger partial charge in [0, 0.05) is 57.9 Å². The number of piperidine rings is 1. The number of piperazine rings is 1. The first-order chi connectivity index (χ1) is 12.8. The van der Waals surface area contributed by atoms with Crippen LogP contribution in [0.25, 0.3) is 0 Å². The van der Waals surface area contributed by atoms with Crippen molar-refractivity contribution in [3.8, 4) is 0 Å². The molecule has 0 bridgehead atoms. The van der Waals surface area contributed by atoms with Gasteiger partial charge in [-0.3, -0.25) is 19.4 Å². The van der Waals surface area contributed by atoms with Crippen molar-refractivity contribution in [1.82, 2.24) is 29.9 Å². The van der Waals surface area contributed by atoms with Gasteiger partial charge in [-0.2, -0.15) is 5.10 Å². The van der Waals surface area contributed by atoms with Gasteiger partial charge in [0.05, 0.1) is 6.04 Å². The van der Waals surface area contributed by atoms with Crippen LogP contribution in [0.5, 0.6) is 0 Å². The number of nitrogens with zero attached hydrogens (tertiary/aromatic N) is 5. The van der Waals surface area contributed by atoms with E-state index in [-0.39, 0.29) is 18.3 Å². The molecule has 0 aliphatic carbocycles. The lowest BCUT2D eigenvalue weighted by Crippen LogP contribution is -2.48. The Bertz CT molecular complexity index is 723. The predicted molar refractivity (Wildman–Crippen MR) is 106 cm³/mol. The standard InChI is InChI=1S/C19H26N6O.ClH/c26-19(18-5-9-25(22-18)17-2-1-6-21-14-17)24-12-10-23(11-13-24)15-16-3-7-20-8-4-16;/h3-5,7-9,17,21H,1-2,6,10-15H2;1H. The number of carbonyl (C=O) groups is 1. The molecule has 146 valence electrons. The maximum Gasteiger partial charge on any atom is 0.274 e. The van der Waals surface area contributed by atoms with Crippen molar-refractivity contribution >= 4 is 18.3 Å². The minimum atomic E-state index is 0. The van der Waals surface area contributed by atoms with Gasteiger partial charge in [-0.05, 0) is 43.1 Å². The van der Waals surface area contributed by atoms with E-state index in [1.807, 2.05) is 46.4 Å². The zero-order chi connectivity index (χ0) is 17.8. The first kappa shape index (κ1) is 19.8. The number of amides is 1. The Balaban J connectivity index is 0.00000210. The Morgan fingerprint density at radius 1 is 1.15 bits per heavy atom. The second-order valence-corrected chi connectivity index (χ2v) is 7.10. The molecule has 0 aromatic carbocycles. The third kappa shape index (κ3) is 4.86. The number of hydrogen-bond acceptors (Lipinski definition) is 5. The zero-order valence-electron chi connectivity index (χ0n) is 15.5. The van der Waals surface area contributed by atoms with E-state index in [0.717, 1.165) is 58.7 Å². The summed E-state index contributed by atoms with van der Waals surface area (Å²) in [5, 5.41) is 7.96. The molecular weight excluding hydrogens is 364 g/mol. The van der Waals surface area contributed by atoms with E-state index in [9.17, 15) is 4.79 Å². The van der Waals surface area contributed by atoms with E-state index in [4.69, 9.17) is 0 Å². The number of halogens is 1. The molecule has 0 saturated carbocycles. The molecule has 2 aliphatic heterocycles. The van der Waals surface area contributed by atoms with E-state index >= 15 is 0 Å². The van der Waals surface area contributed by atoms with Gasteiger partial charge in [0.2, 0.25) is 0 Å². The van der Waals surface area contributed by atoms with Crippen molar-refractivity contribution in [2.75, 3.05) is 39.3 Å². The highest BCUT2D eigenvalue weighted by molar-refractivity contribution is 5.92. The summed E-state index contributed by atoms with van der Waals surface area (Å²) in [4.78, 5) is 21.1. The van der Waals surface area contributed by atoms with Crippen LogP contribution in [-0.2, 0) is 6.54 Å². The molecule has 0 radical (unpaired) electrons. The van der Waals surface area contributed by atoms with Crippen molar-refractivity contribution in [3.05, 3.63) is 48.0 Å². The lowest BCUT2D eigenvalue weighted by molar-refractivity contribution is 0.0621. The van der Waals surface area contributed by atoms with E-state index in [2.05, 4.69) is 20.3 Å². The van der Waals surface area contributed by atoms with Crippen LogP contribution in [0.3, 0.4) is 0 Å². The fraction of sp³-hybridized carbons (Fsp3) is 0.526. The number of pyridine rings is 1. The van der Waals surface area contributed by atoms with Gasteiger partial charge in [-0.1, -0.05) is 0 Å². The minimum Gasteiger partial charge on any atom is -0.335 e. The maximum atomic E-state index is 12.8. The number of hydrogen-bond donors (Lipinski definition) is 1. The lowest BCUT2D eigenvalue weighted by Gasteiger charge is -2.34. The van der Waals surface area contributed by atoms with Crippen LogP contribution in [0.15, 0.2) is 36.8 Å². The van der Waals surface area contributed by atoms with Gasteiger partial charge >= 0.3 is 0 Å². The average Bonchev–Trinajstić information content (AvgIpc) is 3.20. The van der Waals surface area contributed by atoms with Crippen LogP contribution in [0.2, 0.25) is 0 Å². The highest BCUT2D eigenvalue weighted by atomic mass is 35.5. The quantitative estimate of drug-likeness (QED) is 0.858. The zero-order valence-corrected chi connectivity index (χ0v) is 16.3. The Labute approximate surface area is 166 Å². The van der Waals surface area contributed by atoms with Crippen molar-refractivity contribution in [3.63, 3.8) is 0 Å². The Kier molecular flexibility index (Phi) is 6.82. The van der Waals surface area contributed by atoms with Crippen molar-refractivity contribution in [1.29, 1.82) is 0 Å². The summed E-state index contributed by atoms with van der Waals surface area (Å²) in [6.45, 7) is 6.20. The molecule has 1 amide bonds. The lowest BCUT2D eigenvalue weighted by atomic mass is 10.1. The smallest absolute Gasteiger partial charge is 0.274 e. The minimum absolute atomic E-state index is 0. The van der Waals surface area contributed by atoms with Gasteiger partial charge in [0.25, 0.3) is 5.91 Å². The molecule has 4 heterocycles. The van der Waals surface area contributed by atoms with E-state index < -0.39 is 0 Å². The maximum absolute atomic E-state index is 12.8. The second kappa shape index (κ2) is 9.30. The molecule has 0 spiro atoms. The summed E-state index contributed by atoms with van der Waals surface area (Å²) >= 11 is 0. The Morgan fingerprint density at radius 3 is 2.63 bits per heavy atom. The predicted octanol–water partition coefficient (Wildman–Crippen LogP) is 1.58. The molecule has 1 unspecified atom stereocenters. The Morgan fingerprint density at radius 2 is 1.93 bits per heavy atom. The van der Waals surface area contributed by atoms with Crippen molar-refractivity contribution < 1.29 is 4.79 Å². The molecule has 2 aliphatic rings. The second-order valence-electron chi connectivity index (χ2n) is 7.10. The first-order valence-corrected chi connectivity index (χ1v) is 9.46. The molecule has 2 aromatic heterocycles.